The Bertz CT molecular complexity index is 429. The summed E-state index contributed by atoms with van der Waals surface area (Å²) in [6.45, 7) is 14.5. The molecule has 0 bridgehead atoms. The van der Waals surface area contributed by atoms with Gasteiger partial charge >= 0.3 is 0 Å². The highest BCUT2D eigenvalue weighted by Gasteiger charge is 2.27. The van der Waals surface area contributed by atoms with Crippen LogP contribution in [0.1, 0.15) is 41.0 Å². The maximum atomic E-state index is 5.86. The van der Waals surface area contributed by atoms with Crippen LogP contribution in [0.25, 0.3) is 0 Å². The fourth-order valence-corrected chi connectivity index (χ4v) is 1.61. The zero-order valence-corrected chi connectivity index (χ0v) is 11.6. The molecule has 0 heterocycles. The summed E-state index contributed by atoms with van der Waals surface area (Å²) in [5.41, 5.74) is 6.84. The lowest BCUT2D eigenvalue weighted by molar-refractivity contribution is 0.0190. The maximum Gasteiger partial charge on any atom is 0.100 e. The summed E-state index contributed by atoms with van der Waals surface area (Å²) in [4.78, 5) is 0. The van der Waals surface area contributed by atoms with Crippen molar-refractivity contribution in [2.24, 2.45) is 5.41 Å². The maximum absolute atomic E-state index is 5.86. The first kappa shape index (κ1) is 13.6. The molecule has 0 radical (unpaired) electrons. The molecular formula is C16H22O. The van der Waals surface area contributed by atoms with Gasteiger partial charge in [0.2, 0.25) is 0 Å². The highest BCUT2D eigenvalue weighted by Crippen LogP contribution is 2.35. The van der Waals surface area contributed by atoms with E-state index in [4.69, 9.17) is 4.74 Å². The van der Waals surface area contributed by atoms with Crippen LogP contribution in [0.5, 0.6) is 0 Å². The van der Waals surface area contributed by atoms with Crippen LogP contribution in [0.2, 0.25) is 0 Å². The first-order chi connectivity index (χ1) is 7.71. The first-order valence-corrected chi connectivity index (χ1v) is 5.96. The van der Waals surface area contributed by atoms with Crippen LogP contribution in [0, 0.1) is 5.41 Å². The molecule has 0 unspecified atom stereocenters. The van der Waals surface area contributed by atoms with E-state index in [0.717, 1.165) is 12.2 Å². The highest BCUT2D eigenvalue weighted by atomic mass is 16.5. The second kappa shape index (κ2) is 4.84. The normalized spacial score (nSPS) is 14.8. The Morgan fingerprint density at radius 3 is 2.35 bits per heavy atom. The Labute approximate surface area is 105 Å². The quantitative estimate of drug-likeness (QED) is 0.509. The van der Waals surface area contributed by atoms with Crippen molar-refractivity contribution in [3.05, 3.63) is 47.6 Å². The molecule has 1 rings (SSSR count). The van der Waals surface area contributed by atoms with E-state index in [9.17, 15) is 0 Å². The molecule has 0 amide bonds. The third-order valence-electron chi connectivity index (χ3n) is 2.55. The fourth-order valence-electron chi connectivity index (χ4n) is 1.61. The second-order valence-electron chi connectivity index (χ2n) is 6.04. The van der Waals surface area contributed by atoms with Gasteiger partial charge in [0.25, 0.3) is 0 Å². The number of rotatable bonds is 4. The number of allylic oxidation sites excluding steroid dienone is 5. The minimum absolute atomic E-state index is 0.0809. The molecule has 0 spiro atoms. The Hall–Kier alpha value is -1.42. The molecule has 0 atom stereocenters. The summed E-state index contributed by atoms with van der Waals surface area (Å²) in [6, 6.07) is 0. The number of hydrogen-bond donors (Lipinski definition) is 0. The van der Waals surface area contributed by atoms with Crippen molar-refractivity contribution in [1.82, 2.24) is 0 Å². The van der Waals surface area contributed by atoms with E-state index >= 15 is 0 Å². The van der Waals surface area contributed by atoms with Gasteiger partial charge in [0.05, 0.1) is 5.76 Å². The largest absolute Gasteiger partial charge is 0.493 e. The molecule has 0 saturated carbocycles. The van der Waals surface area contributed by atoms with Crippen molar-refractivity contribution < 1.29 is 4.74 Å². The van der Waals surface area contributed by atoms with Crippen LogP contribution < -0.4 is 0 Å². The van der Waals surface area contributed by atoms with E-state index in [-0.39, 0.29) is 11.0 Å². The summed E-state index contributed by atoms with van der Waals surface area (Å²) in [5, 5.41) is 0. The average molecular weight is 230 g/mol. The van der Waals surface area contributed by atoms with Gasteiger partial charge < -0.3 is 4.74 Å². The van der Waals surface area contributed by atoms with Crippen LogP contribution in [0.15, 0.2) is 47.6 Å². The molecule has 0 saturated heterocycles. The van der Waals surface area contributed by atoms with Gasteiger partial charge in [-0.15, -0.1) is 0 Å². The van der Waals surface area contributed by atoms with Crippen molar-refractivity contribution >= 4 is 0 Å². The fraction of sp³-hybridized carbons (Fsp3) is 0.500. The van der Waals surface area contributed by atoms with Crippen molar-refractivity contribution in [1.29, 1.82) is 0 Å². The third-order valence-corrected chi connectivity index (χ3v) is 2.55. The van der Waals surface area contributed by atoms with Crippen molar-refractivity contribution in [3.8, 4) is 0 Å². The van der Waals surface area contributed by atoms with Gasteiger partial charge in [0, 0.05) is 5.41 Å². The van der Waals surface area contributed by atoms with E-state index in [1.165, 1.54) is 5.57 Å². The molecule has 0 aliphatic heterocycles. The smallest absolute Gasteiger partial charge is 0.100 e. The van der Waals surface area contributed by atoms with E-state index in [2.05, 4.69) is 38.0 Å². The molecule has 1 heteroatoms. The summed E-state index contributed by atoms with van der Waals surface area (Å²) >= 11 is 0. The zero-order valence-electron chi connectivity index (χ0n) is 11.6. The predicted molar refractivity (Wildman–Crippen MR) is 72.6 cm³/mol. The third kappa shape index (κ3) is 4.53. The lowest BCUT2D eigenvalue weighted by atomic mass is 9.83. The van der Waals surface area contributed by atoms with Crippen LogP contribution >= 0.6 is 0 Å². The Morgan fingerprint density at radius 2 is 1.88 bits per heavy atom. The Balaban J connectivity index is 2.69. The Morgan fingerprint density at radius 1 is 1.24 bits per heavy atom. The van der Waals surface area contributed by atoms with Gasteiger partial charge in [-0.2, -0.15) is 0 Å². The van der Waals surface area contributed by atoms with Crippen molar-refractivity contribution in [2.75, 3.05) is 0 Å². The van der Waals surface area contributed by atoms with Gasteiger partial charge in [0.15, 0.2) is 0 Å². The van der Waals surface area contributed by atoms with Crippen LogP contribution in [0.3, 0.4) is 0 Å². The van der Waals surface area contributed by atoms with E-state index in [1.54, 1.807) is 0 Å². The number of hydrogen-bond acceptors (Lipinski definition) is 1. The molecule has 0 fully saturated rings. The molecule has 92 valence electrons. The number of ether oxygens (including phenoxy) is 1. The second-order valence-corrected chi connectivity index (χ2v) is 6.04. The predicted octanol–water partition coefficient (Wildman–Crippen LogP) is 4.54. The van der Waals surface area contributed by atoms with Crippen LogP contribution in [-0.2, 0) is 4.74 Å². The monoisotopic (exact) mass is 230 g/mol. The van der Waals surface area contributed by atoms with E-state index < -0.39 is 0 Å². The summed E-state index contributed by atoms with van der Waals surface area (Å²) in [7, 11) is 0. The lowest BCUT2D eigenvalue weighted by Crippen LogP contribution is -2.26. The zero-order chi connectivity index (χ0) is 13.1. The van der Waals surface area contributed by atoms with Gasteiger partial charge in [0.1, 0.15) is 5.60 Å². The Kier molecular flexibility index (Phi) is 3.88. The summed E-state index contributed by atoms with van der Waals surface area (Å²) in [5.74, 6) is 0.831. The molecule has 1 aliphatic carbocycles. The molecule has 1 aliphatic rings. The molecule has 0 aromatic heterocycles. The van der Waals surface area contributed by atoms with Gasteiger partial charge in [-0.1, -0.05) is 31.9 Å². The van der Waals surface area contributed by atoms with Crippen LogP contribution in [0.4, 0.5) is 0 Å². The molecule has 1 nitrogen and oxygen atoms in total. The van der Waals surface area contributed by atoms with Gasteiger partial charge in [-0.25, -0.2) is 0 Å². The van der Waals surface area contributed by atoms with Gasteiger partial charge in [-0.05, 0) is 51.0 Å². The molecule has 0 N–H and O–H groups in total. The van der Waals surface area contributed by atoms with Gasteiger partial charge in [-0.3, -0.25) is 0 Å². The molecular weight excluding hydrogens is 208 g/mol. The minimum Gasteiger partial charge on any atom is -0.493 e. The SMILES string of the molecule is C=C(OC(C)(C)C)C(C)(C)CC1=CC=C=C=C1. The summed E-state index contributed by atoms with van der Waals surface area (Å²) < 4.78 is 5.86. The summed E-state index contributed by atoms with van der Waals surface area (Å²) in [6.07, 6.45) is 6.81. The minimum atomic E-state index is -0.190. The average Bonchev–Trinajstić information content (AvgIpc) is 2.15. The van der Waals surface area contributed by atoms with Crippen molar-refractivity contribution in [3.63, 3.8) is 0 Å². The highest BCUT2D eigenvalue weighted by molar-refractivity contribution is 5.29. The topological polar surface area (TPSA) is 9.23 Å². The van der Waals surface area contributed by atoms with E-state index in [1.807, 2.05) is 32.9 Å². The standard InChI is InChI=1S/C16H22O/c1-13(17-15(2,3)4)16(5,6)12-14-10-8-7-9-11-14/h8,10-11H,1,12H2,2-6H3. The first-order valence-electron chi connectivity index (χ1n) is 5.96. The molecule has 0 aromatic carbocycles. The molecule has 0 aromatic rings. The van der Waals surface area contributed by atoms with E-state index in [0.29, 0.717) is 0 Å². The van der Waals surface area contributed by atoms with Crippen molar-refractivity contribution in [2.45, 2.75) is 46.6 Å². The molecule has 17 heavy (non-hydrogen) atoms. The van der Waals surface area contributed by atoms with Crippen LogP contribution in [-0.4, -0.2) is 5.60 Å². The lowest BCUT2D eigenvalue weighted by Gasteiger charge is -2.33.